The van der Waals surface area contributed by atoms with Crippen LogP contribution in [-0.4, -0.2) is 46.2 Å². The van der Waals surface area contributed by atoms with Gasteiger partial charge in [0.05, 0.1) is 23.1 Å². The van der Waals surface area contributed by atoms with Gasteiger partial charge in [-0.15, -0.1) is 0 Å². The number of halogens is 1. The van der Waals surface area contributed by atoms with Crippen molar-refractivity contribution in [2.45, 2.75) is 18.9 Å². The van der Waals surface area contributed by atoms with Crippen LogP contribution in [0, 0.1) is 0 Å². The van der Waals surface area contributed by atoms with Gasteiger partial charge in [-0.2, -0.15) is 0 Å². The lowest BCUT2D eigenvalue weighted by molar-refractivity contribution is 0.102. The first-order chi connectivity index (χ1) is 16.0. The Morgan fingerprint density at radius 1 is 1.00 bits per heavy atom. The summed E-state index contributed by atoms with van der Waals surface area (Å²) in [7, 11) is 0. The highest BCUT2D eigenvalue weighted by Crippen LogP contribution is 2.26. The van der Waals surface area contributed by atoms with Gasteiger partial charge in [-0.05, 0) is 55.3 Å². The molecule has 0 unspecified atom stereocenters. The van der Waals surface area contributed by atoms with Crippen molar-refractivity contribution in [1.29, 1.82) is 0 Å². The van der Waals surface area contributed by atoms with Crippen LogP contribution >= 0.6 is 11.6 Å². The van der Waals surface area contributed by atoms with Crippen LogP contribution in [0.5, 0.6) is 0 Å². The maximum Gasteiger partial charge on any atom is 0.404 e. The number of nitrogens with one attached hydrogen (secondary N) is 3. The average molecular weight is 467 g/mol. The standard InChI is InChI=1S/C23H23ClN6O3/c24-16-2-4-17(5-3-16)27-20-14-25-10-7-19(20)29-22(31)15-1-6-21(26-13-15)30-11-8-18(9-12-30)28-23(32)33/h1-7,10,13-14,18,27-28H,8-9,11-12H2,(H,32,33)(H,25,29,31). The number of carboxylic acid groups (broad SMARTS) is 1. The summed E-state index contributed by atoms with van der Waals surface area (Å²) in [6.45, 7) is 1.39. The zero-order chi connectivity index (χ0) is 23.2. The molecule has 33 heavy (non-hydrogen) atoms. The molecule has 10 heteroatoms. The predicted octanol–water partition coefficient (Wildman–Crippen LogP) is 4.36. The fourth-order valence-corrected chi connectivity index (χ4v) is 3.75. The number of rotatable bonds is 6. The van der Waals surface area contributed by atoms with E-state index in [1.807, 2.05) is 12.1 Å². The molecule has 2 amide bonds. The minimum Gasteiger partial charge on any atom is -0.465 e. The topological polar surface area (TPSA) is 119 Å². The summed E-state index contributed by atoms with van der Waals surface area (Å²) in [4.78, 5) is 34.2. The van der Waals surface area contributed by atoms with Gasteiger partial charge in [0.15, 0.2) is 0 Å². The molecular formula is C23H23ClN6O3. The third-order valence-electron chi connectivity index (χ3n) is 5.35. The molecule has 0 radical (unpaired) electrons. The number of piperidine rings is 1. The van der Waals surface area contributed by atoms with Gasteiger partial charge in [0, 0.05) is 42.2 Å². The van der Waals surface area contributed by atoms with Crippen LogP contribution in [0.25, 0.3) is 0 Å². The number of nitrogens with zero attached hydrogens (tertiary/aromatic N) is 3. The van der Waals surface area contributed by atoms with E-state index in [1.54, 1.807) is 48.9 Å². The normalized spacial score (nSPS) is 13.9. The number of carbonyl (C=O) groups is 2. The van der Waals surface area contributed by atoms with Crippen molar-refractivity contribution in [2.24, 2.45) is 0 Å². The van der Waals surface area contributed by atoms with Gasteiger partial charge in [0.1, 0.15) is 5.82 Å². The zero-order valence-electron chi connectivity index (χ0n) is 17.7. The van der Waals surface area contributed by atoms with Crippen molar-refractivity contribution in [1.82, 2.24) is 15.3 Å². The van der Waals surface area contributed by atoms with Crippen molar-refractivity contribution >= 4 is 46.5 Å². The predicted molar refractivity (Wildman–Crippen MR) is 128 cm³/mol. The Bertz CT molecular complexity index is 1120. The first kappa shape index (κ1) is 22.3. The lowest BCUT2D eigenvalue weighted by Gasteiger charge is -2.32. The Morgan fingerprint density at radius 2 is 1.76 bits per heavy atom. The molecule has 0 saturated carbocycles. The van der Waals surface area contributed by atoms with Crippen LogP contribution in [0.4, 0.5) is 27.7 Å². The number of hydrogen-bond acceptors (Lipinski definition) is 6. The number of benzene rings is 1. The fraction of sp³-hybridized carbons (Fsp3) is 0.217. The van der Waals surface area contributed by atoms with E-state index in [2.05, 4.69) is 30.8 Å². The fourth-order valence-electron chi connectivity index (χ4n) is 3.62. The second-order valence-corrected chi connectivity index (χ2v) is 8.06. The molecule has 2 aromatic heterocycles. The van der Waals surface area contributed by atoms with Crippen molar-refractivity contribution < 1.29 is 14.7 Å². The highest BCUT2D eigenvalue weighted by atomic mass is 35.5. The molecule has 3 heterocycles. The molecule has 3 aromatic rings. The molecular weight excluding hydrogens is 444 g/mol. The van der Waals surface area contributed by atoms with E-state index < -0.39 is 6.09 Å². The van der Waals surface area contributed by atoms with E-state index in [1.165, 1.54) is 0 Å². The van der Waals surface area contributed by atoms with Crippen LogP contribution in [0.15, 0.2) is 61.1 Å². The maximum absolute atomic E-state index is 12.8. The van der Waals surface area contributed by atoms with Crippen molar-refractivity contribution in [3.63, 3.8) is 0 Å². The van der Waals surface area contributed by atoms with Crippen molar-refractivity contribution in [3.05, 3.63) is 71.6 Å². The Kier molecular flexibility index (Phi) is 6.89. The molecule has 1 fully saturated rings. The van der Waals surface area contributed by atoms with E-state index in [0.717, 1.165) is 11.5 Å². The summed E-state index contributed by atoms with van der Waals surface area (Å²) in [6.07, 6.45) is 5.20. The van der Waals surface area contributed by atoms with Gasteiger partial charge in [-0.1, -0.05) is 11.6 Å². The minimum absolute atomic E-state index is 0.0418. The molecule has 9 nitrogen and oxygen atoms in total. The SMILES string of the molecule is O=C(O)NC1CCN(c2ccc(C(=O)Nc3ccncc3Nc3ccc(Cl)cc3)cn2)CC1. The summed E-state index contributed by atoms with van der Waals surface area (Å²) in [6, 6.07) is 12.4. The van der Waals surface area contributed by atoms with E-state index in [0.29, 0.717) is 47.9 Å². The summed E-state index contributed by atoms with van der Waals surface area (Å²) in [5, 5.41) is 18.1. The number of carbonyl (C=O) groups excluding carboxylic acids is 1. The van der Waals surface area contributed by atoms with Gasteiger partial charge < -0.3 is 26.0 Å². The number of aromatic nitrogens is 2. The minimum atomic E-state index is -0.998. The summed E-state index contributed by atoms with van der Waals surface area (Å²) in [5.41, 5.74) is 2.48. The summed E-state index contributed by atoms with van der Waals surface area (Å²) in [5.74, 6) is 0.470. The molecule has 0 aliphatic carbocycles. The molecule has 0 atom stereocenters. The van der Waals surface area contributed by atoms with Crippen molar-refractivity contribution in [3.8, 4) is 0 Å². The lowest BCUT2D eigenvalue weighted by Crippen LogP contribution is -2.44. The van der Waals surface area contributed by atoms with Gasteiger partial charge >= 0.3 is 6.09 Å². The number of hydrogen-bond donors (Lipinski definition) is 4. The smallest absolute Gasteiger partial charge is 0.404 e. The molecule has 0 spiro atoms. The molecule has 4 N–H and O–H groups in total. The van der Waals surface area contributed by atoms with Crippen molar-refractivity contribution in [2.75, 3.05) is 28.6 Å². The van der Waals surface area contributed by atoms with Crippen LogP contribution < -0.4 is 20.9 Å². The second-order valence-electron chi connectivity index (χ2n) is 7.62. The molecule has 170 valence electrons. The second kappa shape index (κ2) is 10.2. The first-order valence-electron chi connectivity index (χ1n) is 10.5. The number of anilines is 4. The van der Waals surface area contributed by atoms with Crippen LogP contribution in [-0.2, 0) is 0 Å². The molecule has 1 saturated heterocycles. The van der Waals surface area contributed by atoms with E-state index in [-0.39, 0.29) is 11.9 Å². The average Bonchev–Trinajstić information content (AvgIpc) is 2.82. The quantitative estimate of drug-likeness (QED) is 0.426. The Labute approximate surface area is 195 Å². The van der Waals surface area contributed by atoms with E-state index >= 15 is 0 Å². The van der Waals surface area contributed by atoms with Crippen LogP contribution in [0.3, 0.4) is 0 Å². The van der Waals surface area contributed by atoms with E-state index in [9.17, 15) is 9.59 Å². The van der Waals surface area contributed by atoms with Crippen LogP contribution in [0.1, 0.15) is 23.2 Å². The zero-order valence-corrected chi connectivity index (χ0v) is 18.4. The monoisotopic (exact) mass is 466 g/mol. The van der Waals surface area contributed by atoms with Crippen LogP contribution in [0.2, 0.25) is 5.02 Å². The molecule has 1 aliphatic rings. The Balaban J connectivity index is 1.38. The lowest BCUT2D eigenvalue weighted by atomic mass is 10.1. The Hall–Kier alpha value is -3.85. The molecule has 4 rings (SSSR count). The van der Waals surface area contributed by atoms with Gasteiger partial charge in [-0.25, -0.2) is 9.78 Å². The summed E-state index contributed by atoms with van der Waals surface area (Å²) >= 11 is 5.94. The van der Waals surface area contributed by atoms with Gasteiger partial charge in [-0.3, -0.25) is 9.78 Å². The maximum atomic E-state index is 12.8. The number of pyridine rings is 2. The third kappa shape index (κ3) is 5.89. The Morgan fingerprint density at radius 3 is 2.42 bits per heavy atom. The highest BCUT2D eigenvalue weighted by molar-refractivity contribution is 6.30. The molecule has 1 aliphatic heterocycles. The van der Waals surface area contributed by atoms with Gasteiger partial charge in [0.2, 0.25) is 0 Å². The van der Waals surface area contributed by atoms with E-state index in [4.69, 9.17) is 16.7 Å². The molecule has 0 bridgehead atoms. The van der Waals surface area contributed by atoms with Gasteiger partial charge in [0.25, 0.3) is 5.91 Å². The highest BCUT2D eigenvalue weighted by Gasteiger charge is 2.21. The molecule has 1 aromatic carbocycles. The first-order valence-corrected chi connectivity index (χ1v) is 10.8. The number of amides is 2. The third-order valence-corrected chi connectivity index (χ3v) is 5.60. The largest absolute Gasteiger partial charge is 0.465 e. The summed E-state index contributed by atoms with van der Waals surface area (Å²) < 4.78 is 0.